The van der Waals surface area contributed by atoms with Crippen LogP contribution in [0.2, 0.25) is 5.02 Å². The molecule has 0 aliphatic carbocycles. The monoisotopic (exact) mass is 355 g/mol. The van der Waals surface area contributed by atoms with E-state index >= 15 is 0 Å². The maximum atomic E-state index is 6.28. The molecule has 1 aliphatic heterocycles. The van der Waals surface area contributed by atoms with Crippen LogP contribution in [0.25, 0.3) is 0 Å². The van der Waals surface area contributed by atoms with Gasteiger partial charge in [0.25, 0.3) is 0 Å². The van der Waals surface area contributed by atoms with E-state index in [4.69, 9.17) is 17.3 Å². The zero-order valence-electron chi connectivity index (χ0n) is 9.88. The molecule has 1 aliphatic rings. The molecule has 0 spiro atoms. The molecule has 0 saturated carbocycles. The average Bonchev–Trinajstić information content (AvgIpc) is 2.96. The second-order valence-corrected chi connectivity index (χ2v) is 6.38. The average molecular weight is 357 g/mol. The van der Waals surface area contributed by atoms with Crippen LogP contribution in [0.4, 0.5) is 5.69 Å². The number of guanidine groups is 1. The van der Waals surface area contributed by atoms with Gasteiger partial charge < -0.3 is 10.6 Å². The normalized spacial score (nSPS) is 18.7. The number of thiophene rings is 1. The lowest BCUT2D eigenvalue weighted by Gasteiger charge is -2.26. The van der Waals surface area contributed by atoms with Gasteiger partial charge in [-0.1, -0.05) is 23.7 Å². The minimum atomic E-state index is 0.106. The summed E-state index contributed by atoms with van der Waals surface area (Å²) in [7, 11) is 0. The van der Waals surface area contributed by atoms with E-state index in [0.29, 0.717) is 17.5 Å². The summed E-state index contributed by atoms with van der Waals surface area (Å²) in [6, 6.07) is 9.83. The second kappa shape index (κ2) is 5.15. The minimum Gasteiger partial charge on any atom is -0.369 e. The molecule has 0 bridgehead atoms. The van der Waals surface area contributed by atoms with E-state index in [1.807, 2.05) is 35.2 Å². The summed E-state index contributed by atoms with van der Waals surface area (Å²) in [5, 5.41) is 2.74. The first-order valence-electron chi connectivity index (χ1n) is 5.75. The second-order valence-electron chi connectivity index (χ2n) is 4.17. The quantitative estimate of drug-likeness (QED) is 0.882. The molecule has 2 heterocycles. The highest BCUT2D eigenvalue weighted by Gasteiger charge is 2.31. The van der Waals surface area contributed by atoms with E-state index in [0.717, 1.165) is 10.2 Å². The molecule has 1 aromatic carbocycles. The molecular formula is C13H11BrClN3S. The van der Waals surface area contributed by atoms with Crippen LogP contribution in [0.3, 0.4) is 0 Å². The Kier molecular flexibility index (Phi) is 3.52. The lowest BCUT2D eigenvalue weighted by atomic mass is 10.2. The van der Waals surface area contributed by atoms with E-state index in [1.165, 1.54) is 4.88 Å². The number of hydrogen-bond donors (Lipinski definition) is 1. The Balaban J connectivity index is 2.05. The Morgan fingerprint density at radius 1 is 1.37 bits per heavy atom. The SMILES string of the molecule is NC1=NCC(c2sccc2Br)N1c1ccccc1Cl. The summed E-state index contributed by atoms with van der Waals surface area (Å²) in [4.78, 5) is 7.57. The summed E-state index contributed by atoms with van der Waals surface area (Å²) < 4.78 is 1.09. The highest BCUT2D eigenvalue weighted by atomic mass is 79.9. The van der Waals surface area contributed by atoms with Gasteiger partial charge in [0.1, 0.15) is 0 Å². The molecule has 3 rings (SSSR count). The predicted molar refractivity (Wildman–Crippen MR) is 85.2 cm³/mol. The smallest absolute Gasteiger partial charge is 0.196 e. The van der Waals surface area contributed by atoms with Crippen LogP contribution in [0.15, 0.2) is 45.2 Å². The molecule has 0 fully saturated rings. The van der Waals surface area contributed by atoms with E-state index < -0.39 is 0 Å². The van der Waals surface area contributed by atoms with Gasteiger partial charge in [-0.3, -0.25) is 4.99 Å². The lowest BCUT2D eigenvalue weighted by molar-refractivity contribution is 0.781. The van der Waals surface area contributed by atoms with Crippen molar-refractivity contribution in [3.63, 3.8) is 0 Å². The van der Waals surface area contributed by atoms with Crippen LogP contribution in [0, 0.1) is 0 Å². The van der Waals surface area contributed by atoms with Crippen molar-refractivity contribution < 1.29 is 0 Å². The number of halogens is 2. The summed E-state index contributed by atoms with van der Waals surface area (Å²) >= 11 is 11.5. The molecule has 0 saturated heterocycles. The summed E-state index contributed by atoms with van der Waals surface area (Å²) in [5.74, 6) is 0.512. The van der Waals surface area contributed by atoms with Crippen molar-refractivity contribution in [1.29, 1.82) is 0 Å². The third-order valence-corrected chi connectivity index (χ3v) is 5.34. The van der Waals surface area contributed by atoms with Crippen molar-refractivity contribution in [3.05, 3.63) is 50.1 Å². The maximum Gasteiger partial charge on any atom is 0.196 e. The molecular weight excluding hydrogens is 346 g/mol. The van der Waals surface area contributed by atoms with Gasteiger partial charge in [0.2, 0.25) is 0 Å². The number of anilines is 1. The molecule has 1 aromatic heterocycles. The van der Waals surface area contributed by atoms with Crippen molar-refractivity contribution in [2.45, 2.75) is 6.04 Å². The third-order valence-electron chi connectivity index (χ3n) is 3.04. The van der Waals surface area contributed by atoms with Crippen LogP contribution < -0.4 is 10.6 Å². The number of aliphatic imine (C=N–C) groups is 1. The lowest BCUT2D eigenvalue weighted by Crippen LogP contribution is -2.36. The topological polar surface area (TPSA) is 41.6 Å². The van der Waals surface area contributed by atoms with Crippen LogP contribution in [-0.2, 0) is 0 Å². The third kappa shape index (κ3) is 2.26. The highest BCUT2D eigenvalue weighted by Crippen LogP contribution is 2.39. The van der Waals surface area contributed by atoms with E-state index in [2.05, 4.69) is 26.3 Å². The van der Waals surface area contributed by atoms with Crippen LogP contribution in [0.5, 0.6) is 0 Å². The van der Waals surface area contributed by atoms with Gasteiger partial charge in [-0.05, 0) is 39.5 Å². The van der Waals surface area contributed by atoms with Gasteiger partial charge in [-0.15, -0.1) is 11.3 Å². The molecule has 98 valence electrons. The largest absolute Gasteiger partial charge is 0.369 e. The van der Waals surface area contributed by atoms with Crippen LogP contribution in [0.1, 0.15) is 10.9 Å². The zero-order chi connectivity index (χ0) is 13.4. The minimum absolute atomic E-state index is 0.106. The Morgan fingerprint density at radius 3 is 2.84 bits per heavy atom. The first-order valence-corrected chi connectivity index (χ1v) is 7.80. The molecule has 0 radical (unpaired) electrons. The van der Waals surface area contributed by atoms with Gasteiger partial charge in [-0.2, -0.15) is 0 Å². The summed E-state index contributed by atoms with van der Waals surface area (Å²) in [6.45, 7) is 0.649. The van der Waals surface area contributed by atoms with Crippen molar-refractivity contribution in [3.8, 4) is 0 Å². The maximum absolute atomic E-state index is 6.28. The van der Waals surface area contributed by atoms with Crippen molar-refractivity contribution in [2.24, 2.45) is 10.7 Å². The number of hydrogen-bond acceptors (Lipinski definition) is 4. The first-order chi connectivity index (χ1) is 9.18. The molecule has 2 aromatic rings. The molecule has 3 nitrogen and oxygen atoms in total. The Morgan fingerprint density at radius 2 is 2.16 bits per heavy atom. The Hall–Kier alpha value is -1.04. The zero-order valence-corrected chi connectivity index (χ0v) is 13.0. The molecule has 2 N–H and O–H groups in total. The summed E-state index contributed by atoms with van der Waals surface area (Å²) in [6.07, 6.45) is 0. The van der Waals surface area contributed by atoms with Crippen molar-refractivity contribution in [1.82, 2.24) is 0 Å². The molecule has 19 heavy (non-hydrogen) atoms. The fourth-order valence-electron chi connectivity index (χ4n) is 2.18. The fraction of sp³-hybridized carbons (Fsp3) is 0.154. The summed E-state index contributed by atoms with van der Waals surface area (Å²) in [5.41, 5.74) is 6.93. The van der Waals surface area contributed by atoms with Crippen LogP contribution >= 0.6 is 38.9 Å². The molecule has 6 heteroatoms. The van der Waals surface area contributed by atoms with Crippen molar-refractivity contribution in [2.75, 3.05) is 11.4 Å². The fourth-order valence-corrected chi connectivity index (χ4v) is 4.13. The van der Waals surface area contributed by atoms with Crippen molar-refractivity contribution >= 4 is 50.5 Å². The van der Waals surface area contributed by atoms with Gasteiger partial charge >= 0.3 is 0 Å². The van der Waals surface area contributed by atoms with E-state index in [-0.39, 0.29) is 6.04 Å². The Bertz CT molecular complexity index is 640. The Labute approximate surface area is 128 Å². The molecule has 1 unspecified atom stereocenters. The molecule has 1 atom stereocenters. The predicted octanol–water partition coefficient (Wildman–Crippen LogP) is 4.04. The van der Waals surface area contributed by atoms with E-state index in [9.17, 15) is 0 Å². The molecule has 0 amide bonds. The van der Waals surface area contributed by atoms with Gasteiger partial charge in [-0.25, -0.2) is 0 Å². The van der Waals surface area contributed by atoms with Gasteiger partial charge in [0.15, 0.2) is 5.96 Å². The van der Waals surface area contributed by atoms with Crippen LogP contribution in [-0.4, -0.2) is 12.5 Å². The van der Waals surface area contributed by atoms with E-state index in [1.54, 1.807) is 11.3 Å². The number of nitrogens with two attached hydrogens (primary N) is 1. The van der Waals surface area contributed by atoms with Gasteiger partial charge in [0, 0.05) is 9.35 Å². The first kappa shape index (κ1) is 13.0. The highest BCUT2D eigenvalue weighted by molar-refractivity contribution is 9.10. The standard InChI is InChI=1S/C13H11BrClN3S/c14-8-5-6-19-12(8)11-7-17-13(16)18(11)10-4-2-1-3-9(10)15/h1-6,11H,7H2,(H2,16,17). The number of rotatable bonds is 2. The number of benzene rings is 1. The number of para-hydroxylation sites is 1. The number of nitrogens with zero attached hydrogens (tertiary/aromatic N) is 2. The van der Waals surface area contributed by atoms with Gasteiger partial charge in [0.05, 0.1) is 23.3 Å².